The number of aryl methyl sites for hydroxylation is 1. The molecular formula is C35H52O3S. The quantitative estimate of drug-likeness (QED) is 0.250. The van der Waals surface area contributed by atoms with Crippen molar-refractivity contribution in [3.05, 3.63) is 53.6 Å². The zero-order valence-electron chi connectivity index (χ0n) is 25.5. The molecule has 0 bridgehead atoms. The molecule has 4 aliphatic carbocycles. The van der Waals surface area contributed by atoms with Gasteiger partial charge in [0.05, 0.1) is 11.0 Å². The predicted octanol–water partition coefficient (Wildman–Crippen LogP) is 9.13. The third kappa shape index (κ3) is 5.34. The minimum atomic E-state index is -3.73. The first-order valence-electron chi connectivity index (χ1n) is 15.7. The van der Waals surface area contributed by atoms with E-state index in [1.807, 2.05) is 19.1 Å². The second kappa shape index (κ2) is 10.8. The van der Waals surface area contributed by atoms with Gasteiger partial charge in [0.1, 0.15) is 0 Å². The standard InChI is InChI=1S/C35H52O3S/c1-23(2)25(4)10-11-26(5)31-16-17-32-30-15-12-27-22-28(38-39(36,37)29-13-8-24(3)9-14-29)18-20-34(27,6)33(30)19-21-35(31,32)7/h8-11,13-15,23,25-28,31-33H,12,16-22H2,1-7H3/b11-10+/t25-,26+,27+,28+,31+,32+,33-,34+,35-/m0/s1. The number of allylic oxidation sites excluding steroid dienone is 4. The Morgan fingerprint density at radius 1 is 0.897 bits per heavy atom. The average molecular weight is 553 g/mol. The van der Waals surface area contributed by atoms with Gasteiger partial charge in [-0.3, -0.25) is 4.18 Å². The Labute approximate surface area is 239 Å². The van der Waals surface area contributed by atoms with Gasteiger partial charge in [0.25, 0.3) is 10.1 Å². The summed E-state index contributed by atoms with van der Waals surface area (Å²) in [7, 11) is -3.73. The molecule has 0 N–H and O–H groups in total. The van der Waals surface area contributed by atoms with Crippen LogP contribution in [0.5, 0.6) is 0 Å². The van der Waals surface area contributed by atoms with Crippen LogP contribution in [0.3, 0.4) is 0 Å². The normalized spacial score (nSPS) is 38.2. The highest BCUT2D eigenvalue weighted by atomic mass is 32.2. The molecule has 1 aromatic carbocycles. The van der Waals surface area contributed by atoms with E-state index in [1.165, 1.54) is 25.7 Å². The molecular weight excluding hydrogens is 500 g/mol. The van der Waals surface area contributed by atoms with E-state index in [1.54, 1.807) is 17.7 Å². The van der Waals surface area contributed by atoms with E-state index in [4.69, 9.17) is 4.18 Å². The molecule has 39 heavy (non-hydrogen) atoms. The van der Waals surface area contributed by atoms with Gasteiger partial charge in [0, 0.05) is 0 Å². The van der Waals surface area contributed by atoms with E-state index >= 15 is 0 Å². The number of hydrogen-bond donors (Lipinski definition) is 0. The summed E-state index contributed by atoms with van der Waals surface area (Å²) in [5.74, 6) is 4.59. The van der Waals surface area contributed by atoms with Crippen LogP contribution >= 0.6 is 0 Å². The first kappa shape index (κ1) is 29.1. The number of rotatable bonds is 7. The Morgan fingerprint density at radius 3 is 2.26 bits per heavy atom. The fraction of sp³-hybridized carbons (Fsp3) is 0.714. The third-order valence-corrected chi connectivity index (χ3v) is 13.5. The summed E-state index contributed by atoms with van der Waals surface area (Å²) in [6, 6.07) is 7.02. The molecule has 4 heteroatoms. The van der Waals surface area contributed by atoms with E-state index in [-0.39, 0.29) is 16.4 Å². The van der Waals surface area contributed by atoms with Crippen molar-refractivity contribution in [2.75, 3.05) is 0 Å². The lowest BCUT2D eigenvalue weighted by atomic mass is 9.47. The van der Waals surface area contributed by atoms with Crippen molar-refractivity contribution in [1.82, 2.24) is 0 Å². The summed E-state index contributed by atoms with van der Waals surface area (Å²) in [5, 5.41) is 0. The molecule has 3 nitrogen and oxygen atoms in total. The monoisotopic (exact) mass is 552 g/mol. The molecule has 0 saturated heterocycles. The van der Waals surface area contributed by atoms with Crippen LogP contribution in [0.4, 0.5) is 0 Å². The molecule has 0 aromatic heterocycles. The topological polar surface area (TPSA) is 43.4 Å². The molecule has 1 aromatic rings. The molecule has 0 radical (unpaired) electrons. The second-order valence-electron chi connectivity index (χ2n) is 14.6. The van der Waals surface area contributed by atoms with Gasteiger partial charge in [-0.05, 0) is 123 Å². The summed E-state index contributed by atoms with van der Waals surface area (Å²) >= 11 is 0. The Balaban J connectivity index is 1.29. The van der Waals surface area contributed by atoms with Crippen LogP contribution in [0, 0.1) is 59.2 Å². The summed E-state index contributed by atoms with van der Waals surface area (Å²) in [4.78, 5) is 0.275. The maximum Gasteiger partial charge on any atom is 0.297 e. The van der Waals surface area contributed by atoms with Crippen LogP contribution in [0.25, 0.3) is 0 Å². The second-order valence-corrected chi connectivity index (χ2v) is 16.2. The van der Waals surface area contributed by atoms with Crippen LogP contribution in [0.1, 0.15) is 98.5 Å². The molecule has 0 aliphatic heterocycles. The predicted molar refractivity (Wildman–Crippen MR) is 161 cm³/mol. The molecule has 5 rings (SSSR count). The molecule has 0 heterocycles. The van der Waals surface area contributed by atoms with E-state index in [9.17, 15) is 8.42 Å². The first-order valence-corrected chi connectivity index (χ1v) is 17.1. The van der Waals surface area contributed by atoms with Crippen molar-refractivity contribution in [2.45, 2.75) is 111 Å². The number of benzene rings is 1. The molecule has 4 aliphatic rings. The Hall–Kier alpha value is -1.39. The molecule has 0 unspecified atom stereocenters. The van der Waals surface area contributed by atoms with Gasteiger partial charge < -0.3 is 0 Å². The van der Waals surface area contributed by atoms with Gasteiger partial charge in [0.15, 0.2) is 0 Å². The zero-order valence-corrected chi connectivity index (χ0v) is 26.3. The highest BCUT2D eigenvalue weighted by Gasteiger charge is 2.58. The Morgan fingerprint density at radius 2 is 1.56 bits per heavy atom. The van der Waals surface area contributed by atoms with Crippen LogP contribution in [0.2, 0.25) is 0 Å². The maximum atomic E-state index is 13.0. The van der Waals surface area contributed by atoms with Crippen LogP contribution < -0.4 is 0 Å². The average Bonchev–Trinajstić information content (AvgIpc) is 3.24. The van der Waals surface area contributed by atoms with Crippen molar-refractivity contribution < 1.29 is 12.6 Å². The third-order valence-electron chi connectivity index (χ3n) is 12.1. The van der Waals surface area contributed by atoms with Crippen LogP contribution in [-0.4, -0.2) is 14.5 Å². The fourth-order valence-corrected chi connectivity index (χ4v) is 10.2. The number of hydrogen-bond acceptors (Lipinski definition) is 3. The van der Waals surface area contributed by atoms with Crippen molar-refractivity contribution in [3.8, 4) is 0 Å². The SMILES string of the molecule is Cc1ccc(S(=O)(=O)O[C@@H]2CC[C@]3(C)[C@H](CC=C4[C@H]5CC[C@H]([C@H](C)/C=C/[C@H](C)C(C)C)[C@]5(C)CC[C@@H]43)C2)cc1. The van der Waals surface area contributed by atoms with Crippen molar-refractivity contribution in [2.24, 2.45) is 52.3 Å². The molecule has 3 saturated carbocycles. The summed E-state index contributed by atoms with van der Waals surface area (Å²) in [5.41, 5.74) is 3.48. The van der Waals surface area contributed by atoms with Gasteiger partial charge in [-0.15, -0.1) is 0 Å². The Bertz CT molecular complexity index is 1190. The fourth-order valence-electron chi connectivity index (χ4n) is 9.11. The summed E-state index contributed by atoms with van der Waals surface area (Å²) < 4.78 is 31.9. The van der Waals surface area contributed by atoms with Crippen molar-refractivity contribution in [3.63, 3.8) is 0 Å². The van der Waals surface area contributed by atoms with Gasteiger partial charge >= 0.3 is 0 Å². The van der Waals surface area contributed by atoms with E-state index in [0.717, 1.165) is 37.2 Å². The van der Waals surface area contributed by atoms with Gasteiger partial charge in [-0.1, -0.05) is 83.0 Å². The van der Waals surface area contributed by atoms with Crippen molar-refractivity contribution >= 4 is 10.1 Å². The van der Waals surface area contributed by atoms with E-state index < -0.39 is 10.1 Å². The molecule has 0 spiro atoms. The first-order chi connectivity index (χ1) is 18.3. The largest absolute Gasteiger partial charge is 0.297 e. The lowest BCUT2D eigenvalue weighted by Gasteiger charge is -2.58. The van der Waals surface area contributed by atoms with Crippen molar-refractivity contribution in [1.29, 1.82) is 0 Å². The van der Waals surface area contributed by atoms with Crippen LogP contribution in [-0.2, 0) is 14.3 Å². The summed E-state index contributed by atoms with van der Waals surface area (Å²) in [6.45, 7) is 16.5. The van der Waals surface area contributed by atoms with Gasteiger partial charge in [0.2, 0.25) is 0 Å². The van der Waals surface area contributed by atoms with E-state index in [2.05, 4.69) is 59.8 Å². The highest BCUT2D eigenvalue weighted by molar-refractivity contribution is 7.86. The Kier molecular flexibility index (Phi) is 8.05. The van der Waals surface area contributed by atoms with Crippen LogP contribution in [0.15, 0.2) is 53.0 Å². The molecule has 9 atom stereocenters. The molecule has 216 valence electrons. The zero-order chi connectivity index (χ0) is 28.2. The molecule has 0 amide bonds. The maximum absolute atomic E-state index is 13.0. The number of fused-ring (bicyclic) bond motifs is 5. The smallest absolute Gasteiger partial charge is 0.263 e. The minimum Gasteiger partial charge on any atom is -0.263 e. The van der Waals surface area contributed by atoms with E-state index in [0.29, 0.717) is 40.9 Å². The lowest BCUT2D eigenvalue weighted by molar-refractivity contribution is -0.0339. The lowest BCUT2D eigenvalue weighted by Crippen LogP contribution is -2.50. The van der Waals surface area contributed by atoms with Gasteiger partial charge in [-0.25, -0.2) is 0 Å². The highest BCUT2D eigenvalue weighted by Crippen LogP contribution is 2.67. The minimum absolute atomic E-state index is 0.213. The summed E-state index contributed by atoms with van der Waals surface area (Å²) in [6.07, 6.45) is 16.5. The molecule has 3 fully saturated rings. The van der Waals surface area contributed by atoms with Gasteiger partial charge in [-0.2, -0.15) is 8.42 Å².